The Bertz CT molecular complexity index is 1770. The van der Waals surface area contributed by atoms with Crippen LogP contribution in [0.2, 0.25) is 0 Å². The van der Waals surface area contributed by atoms with Crippen LogP contribution in [0.4, 0.5) is 34.0 Å². The number of alkyl halides is 3. The first-order valence-electron chi connectivity index (χ1n) is 14.4. The molecule has 3 amide bonds. The Balaban J connectivity index is 1.71. The Morgan fingerprint density at radius 3 is 2.24 bits per heavy atom. The van der Waals surface area contributed by atoms with Gasteiger partial charge in [0.1, 0.15) is 23.3 Å². The quantitative estimate of drug-likeness (QED) is 0.230. The fourth-order valence-electron chi connectivity index (χ4n) is 5.33. The topological polar surface area (TPSA) is 106 Å². The molecule has 1 aliphatic rings. The van der Waals surface area contributed by atoms with E-state index in [1.807, 2.05) is 0 Å². The molecule has 3 aromatic carbocycles. The molecule has 2 atom stereocenters. The zero-order valence-electron chi connectivity index (χ0n) is 25.4. The summed E-state index contributed by atoms with van der Waals surface area (Å²) in [6.07, 6.45) is -5.54. The second-order valence-electron chi connectivity index (χ2n) is 11.6. The standard InChI is InChI=1S/C33H31F4N5O4/c1-5-41-29-25(27(39-31(45)46-32(2,3)4)40-42(29)23-12-7-6-8-13-23)24(19-14-16-22(34)17-15-19)26(30(41)44)38-28(43)20-10-9-11-21(18-20)33(35,36)37/h6-18,24,26H,5H2,1-4H3,(H,38,43)(H,39,40,45)/t24-,26-/m1/s1. The van der Waals surface area contributed by atoms with Crippen molar-refractivity contribution in [2.75, 3.05) is 16.8 Å². The number of hydrogen-bond acceptors (Lipinski definition) is 5. The fraction of sp³-hybridized carbons (Fsp3) is 0.273. The van der Waals surface area contributed by atoms with E-state index in [9.17, 15) is 31.9 Å². The van der Waals surface area contributed by atoms with Crippen LogP contribution in [0.3, 0.4) is 0 Å². The summed E-state index contributed by atoms with van der Waals surface area (Å²) in [5.74, 6) is -2.87. The first-order chi connectivity index (χ1) is 21.7. The lowest BCUT2D eigenvalue weighted by molar-refractivity contribution is -0.137. The van der Waals surface area contributed by atoms with Crippen molar-refractivity contribution in [3.8, 4) is 5.69 Å². The summed E-state index contributed by atoms with van der Waals surface area (Å²) in [5.41, 5.74) is -0.989. The lowest BCUT2D eigenvalue weighted by Crippen LogP contribution is -2.55. The van der Waals surface area contributed by atoms with Gasteiger partial charge >= 0.3 is 12.3 Å². The number of fused-ring (bicyclic) bond motifs is 1. The first kappa shape index (κ1) is 32.2. The molecule has 1 aliphatic heterocycles. The monoisotopic (exact) mass is 637 g/mol. The molecule has 0 bridgehead atoms. The number of amides is 3. The van der Waals surface area contributed by atoms with E-state index < -0.39 is 53.0 Å². The van der Waals surface area contributed by atoms with Crippen molar-refractivity contribution in [1.29, 1.82) is 0 Å². The van der Waals surface area contributed by atoms with Gasteiger partial charge in [-0.25, -0.2) is 13.9 Å². The maximum absolute atomic E-state index is 14.3. The molecule has 0 radical (unpaired) electrons. The summed E-state index contributed by atoms with van der Waals surface area (Å²) < 4.78 is 61.4. The highest BCUT2D eigenvalue weighted by Crippen LogP contribution is 2.45. The highest BCUT2D eigenvalue weighted by Gasteiger charge is 2.47. The van der Waals surface area contributed by atoms with Crippen LogP contribution in [0.5, 0.6) is 0 Å². The average molecular weight is 638 g/mol. The van der Waals surface area contributed by atoms with Gasteiger partial charge in [-0.05, 0) is 75.7 Å². The van der Waals surface area contributed by atoms with Crippen molar-refractivity contribution < 1.29 is 36.7 Å². The lowest BCUT2D eigenvalue weighted by atomic mass is 9.81. The SMILES string of the molecule is CCN1C(=O)[C@H](NC(=O)c2cccc(C(F)(F)F)c2)[C@H](c2ccc(F)cc2)c2c(NC(=O)OC(C)(C)C)nn(-c3ccccc3)c21. The molecular weight excluding hydrogens is 606 g/mol. The van der Waals surface area contributed by atoms with Gasteiger partial charge in [0.15, 0.2) is 5.82 Å². The van der Waals surface area contributed by atoms with Gasteiger partial charge in [-0.3, -0.25) is 19.8 Å². The molecule has 0 saturated heterocycles. The normalized spacial score (nSPS) is 16.5. The number of anilines is 2. The van der Waals surface area contributed by atoms with Crippen LogP contribution in [0.15, 0.2) is 78.9 Å². The van der Waals surface area contributed by atoms with Crippen molar-refractivity contribution >= 4 is 29.5 Å². The third-order valence-corrected chi connectivity index (χ3v) is 7.23. The minimum atomic E-state index is -4.70. The number of rotatable bonds is 6. The number of likely N-dealkylation sites (N-methyl/N-ethyl adjacent to an activating group) is 1. The molecule has 9 nitrogen and oxygen atoms in total. The maximum Gasteiger partial charge on any atom is 0.416 e. The van der Waals surface area contributed by atoms with Gasteiger partial charge in [0.05, 0.1) is 11.3 Å². The van der Waals surface area contributed by atoms with Crippen molar-refractivity contribution in [3.63, 3.8) is 0 Å². The van der Waals surface area contributed by atoms with E-state index >= 15 is 0 Å². The summed E-state index contributed by atoms with van der Waals surface area (Å²) in [6.45, 7) is 6.85. The lowest BCUT2D eigenvalue weighted by Gasteiger charge is -2.38. The van der Waals surface area contributed by atoms with Gasteiger partial charge in [-0.15, -0.1) is 5.10 Å². The third-order valence-electron chi connectivity index (χ3n) is 7.23. The van der Waals surface area contributed by atoms with E-state index in [0.29, 0.717) is 22.9 Å². The van der Waals surface area contributed by atoms with Crippen LogP contribution >= 0.6 is 0 Å². The summed E-state index contributed by atoms with van der Waals surface area (Å²) in [7, 11) is 0. The van der Waals surface area contributed by atoms with E-state index in [1.54, 1.807) is 58.0 Å². The van der Waals surface area contributed by atoms with Gasteiger partial charge < -0.3 is 10.1 Å². The molecule has 0 saturated carbocycles. The number of carbonyl (C=O) groups is 3. The summed E-state index contributed by atoms with van der Waals surface area (Å²) in [4.78, 5) is 42.2. The molecular formula is C33H31F4N5O4. The van der Waals surface area contributed by atoms with Crippen LogP contribution in [-0.4, -0.2) is 45.9 Å². The number of halogens is 4. The molecule has 0 aliphatic carbocycles. The molecule has 2 heterocycles. The second kappa shape index (κ2) is 12.3. The van der Waals surface area contributed by atoms with Crippen LogP contribution in [0.25, 0.3) is 5.69 Å². The molecule has 2 N–H and O–H groups in total. The van der Waals surface area contributed by atoms with Gasteiger partial charge in [0, 0.05) is 23.6 Å². The van der Waals surface area contributed by atoms with Crippen molar-refractivity contribution in [2.24, 2.45) is 0 Å². The molecule has 240 valence electrons. The number of benzene rings is 3. The molecule has 4 aromatic rings. The zero-order chi connectivity index (χ0) is 33.4. The van der Waals surface area contributed by atoms with E-state index in [0.717, 1.165) is 12.1 Å². The predicted octanol–water partition coefficient (Wildman–Crippen LogP) is 6.67. The molecule has 0 spiro atoms. The highest BCUT2D eigenvalue weighted by atomic mass is 19.4. The van der Waals surface area contributed by atoms with Crippen LogP contribution in [0, 0.1) is 5.82 Å². The number of para-hydroxylation sites is 1. The number of aromatic nitrogens is 2. The predicted molar refractivity (Wildman–Crippen MR) is 162 cm³/mol. The largest absolute Gasteiger partial charge is 0.444 e. The van der Waals surface area contributed by atoms with E-state index in [4.69, 9.17) is 4.74 Å². The molecule has 46 heavy (non-hydrogen) atoms. The molecule has 1 aromatic heterocycles. The van der Waals surface area contributed by atoms with E-state index in [-0.39, 0.29) is 23.7 Å². The van der Waals surface area contributed by atoms with Gasteiger partial charge in [-0.2, -0.15) is 13.2 Å². The van der Waals surface area contributed by atoms with Gasteiger partial charge in [-0.1, -0.05) is 36.4 Å². The van der Waals surface area contributed by atoms with Gasteiger partial charge in [0.25, 0.3) is 11.8 Å². The first-order valence-corrected chi connectivity index (χ1v) is 14.4. The zero-order valence-corrected chi connectivity index (χ0v) is 25.4. The average Bonchev–Trinajstić information content (AvgIpc) is 3.35. The Kier molecular flexibility index (Phi) is 8.61. The Hall–Kier alpha value is -5.20. The van der Waals surface area contributed by atoms with E-state index in [1.165, 1.54) is 39.9 Å². The Morgan fingerprint density at radius 2 is 1.63 bits per heavy atom. The number of nitrogens with zero attached hydrogens (tertiary/aromatic N) is 3. The second-order valence-corrected chi connectivity index (χ2v) is 11.6. The number of hydrogen-bond donors (Lipinski definition) is 2. The summed E-state index contributed by atoms with van der Waals surface area (Å²) in [6, 6.07) is 16.5. The van der Waals surface area contributed by atoms with E-state index in [2.05, 4.69) is 15.7 Å². The summed E-state index contributed by atoms with van der Waals surface area (Å²) in [5, 5.41) is 9.97. The molecule has 5 rings (SSSR count). The Labute approximate surface area is 262 Å². The smallest absolute Gasteiger partial charge is 0.416 e. The molecule has 13 heteroatoms. The molecule has 0 fully saturated rings. The van der Waals surface area contributed by atoms with Crippen LogP contribution < -0.4 is 15.5 Å². The van der Waals surface area contributed by atoms with Gasteiger partial charge in [0.2, 0.25) is 0 Å². The van der Waals surface area contributed by atoms with Crippen LogP contribution in [0.1, 0.15) is 60.7 Å². The van der Waals surface area contributed by atoms with Crippen molar-refractivity contribution in [1.82, 2.24) is 15.1 Å². The number of nitrogens with one attached hydrogen (secondary N) is 2. The van der Waals surface area contributed by atoms with Crippen molar-refractivity contribution in [3.05, 3.63) is 107 Å². The highest BCUT2D eigenvalue weighted by molar-refractivity contribution is 6.06. The maximum atomic E-state index is 14.3. The fourth-order valence-corrected chi connectivity index (χ4v) is 5.33. The van der Waals surface area contributed by atoms with Crippen LogP contribution in [-0.2, 0) is 15.7 Å². The minimum absolute atomic E-state index is 0.00620. The summed E-state index contributed by atoms with van der Waals surface area (Å²) >= 11 is 0. The molecule has 0 unspecified atom stereocenters. The van der Waals surface area contributed by atoms with Crippen molar-refractivity contribution in [2.45, 2.75) is 51.4 Å². The Morgan fingerprint density at radius 1 is 0.957 bits per heavy atom. The third kappa shape index (κ3) is 6.58. The minimum Gasteiger partial charge on any atom is -0.444 e. The number of carbonyl (C=O) groups excluding carboxylic acids is 3. The number of ether oxygens (including phenoxy) is 1.